The number of carbonyl (C=O) groups excluding carboxylic acids is 1. The summed E-state index contributed by atoms with van der Waals surface area (Å²) < 4.78 is 7.56. The average molecular weight is 385 g/mol. The quantitative estimate of drug-likeness (QED) is 0.765. The second kappa shape index (κ2) is 8.10. The predicted octanol–water partition coefficient (Wildman–Crippen LogP) is 4.72. The van der Waals surface area contributed by atoms with E-state index in [0.29, 0.717) is 18.2 Å². The van der Waals surface area contributed by atoms with Crippen molar-refractivity contribution in [3.63, 3.8) is 0 Å². The van der Waals surface area contributed by atoms with Gasteiger partial charge in [0.05, 0.1) is 29.2 Å². The van der Waals surface area contributed by atoms with Crippen LogP contribution >= 0.6 is 0 Å². The van der Waals surface area contributed by atoms with Gasteiger partial charge in [-0.25, -0.2) is 0 Å². The molecule has 0 radical (unpaired) electrons. The third-order valence-electron chi connectivity index (χ3n) is 6.71. The molecule has 1 atom stereocenters. The number of rotatable bonds is 4. The Balaban J connectivity index is 1.62. The molecular weight excluding hydrogens is 352 g/mol. The number of aromatic nitrogens is 3. The highest BCUT2D eigenvalue weighted by Crippen LogP contribution is 2.39. The molecule has 2 aliphatic rings. The van der Waals surface area contributed by atoms with Gasteiger partial charge in [-0.1, -0.05) is 24.4 Å². The van der Waals surface area contributed by atoms with Crippen molar-refractivity contribution < 1.29 is 9.32 Å². The maximum absolute atomic E-state index is 13.3. The van der Waals surface area contributed by atoms with Crippen LogP contribution in [0.5, 0.6) is 0 Å². The predicted molar refractivity (Wildman–Crippen MR) is 108 cm³/mol. The fraction of sp³-hybridized carbons (Fsp3) is 0.682. The van der Waals surface area contributed by atoms with E-state index in [1.165, 1.54) is 32.1 Å². The number of likely N-dealkylation sites (tertiary alicyclic amines) is 1. The summed E-state index contributed by atoms with van der Waals surface area (Å²) in [4.78, 5) is 15.4. The lowest BCUT2D eigenvalue weighted by molar-refractivity contribution is -0.136. The molecule has 0 spiro atoms. The van der Waals surface area contributed by atoms with E-state index in [0.717, 1.165) is 54.1 Å². The number of aryl methyl sites for hydroxylation is 2. The minimum atomic E-state index is 0.0668. The molecule has 3 heterocycles. The highest BCUT2D eigenvalue weighted by atomic mass is 16.5. The minimum absolute atomic E-state index is 0.0668. The molecule has 0 N–H and O–H groups in total. The van der Waals surface area contributed by atoms with Gasteiger partial charge in [-0.3, -0.25) is 9.48 Å². The van der Waals surface area contributed by atoms with Crippen LogP contribution in [0.25, 0.3) is 11.3 Å². The summed E-state index contributed by atoms with van der Waals surface area (Å²) in [7, 11) is 1.97. The first-order chi connectivity index (χ1) is 13.6. The number of carbonyl (C=O) groups is 1. The van der Waals surface area contributed by atoms with Crippen molar-refractivity contribution in [1.29, 1.82) is 0 Å². The monoisotopic (exact) mass is 384 g/mol. The number of piperidine rings is 1. The summed E-state index contributed by atoms with van der Waals surface area (Å²) >= 11 is 0. The molecule has 28 heavy (non-hydrogen) atoms. The molecule has 0 bridgehead atoms. The van der Waals surface area contributed by atoms with Gasteiger partial charge in [0.1, 0.15) is 0 Å². The Morgan fingerprint density at radius 1 is 1.14 bits per heavy atom. The Morgan fingerprint density at radius 3 is 2.61 bits per heavy atom. The fourth-order valence-corrected chi connectivity index (χ4v) is 4.95. The van der Waals surface area contributed by atoms with E-state index in [-0.39, 0.29) is 6.04 Å². The molecule has 2 aromatic rings. The largest absolute Gasteiger partial charge is 0.356 e. The maximum Gasteiger partial charge on any atom is 0.223 e. The van der Waals surface area contributed by atoms with Crippen molar-refractivity contribution in [2.45, 2.75) is 77.7 Å². The molecule has 2 fully saturated rings. The van der Waals surface area contributed by atoms with E-state index in [1.54, 1.807) is 0 Å². The van der Waals surface area contributed by atoms with E-state index in [2.05, 4.69) is 15.2 Å². The van der Waals surface area contributed by atoms with Crippen LogP contribution in [0, 0.1) is 19.8 Å². The normalized spacial score (nSPS) is 21.2. The van der Waals surface area contributed by atoms with Crippen molar-refractivity contribution in [2.75, 3.05) is 6.54 Å². The highest BCUT2D eigenvalue weighted by molar-refractivity contribution is 5.77. The standard InChI is InChI=1S/C22H32N4O2/c1-15-16(2)24-28-22(15)18-14-23-25(3)21(18)19-11-7-8-12-26(19)20(27)13-17-9-5-4-6-10-17/h14,17,19H,4-13H2,1-3H3/t19-/m0/s1. The summed E-state index contributed by atoms with van der Waals surface area (Å²) in [6, 6.07) is 0.0668. The van der Waals surface area contributed by atoms with Gasteiger partial charge in [-0.2, -0.15) is 5.10 Å². The maximum atomic E-state index is 13.3. The number of nitrogens with zero attached hydrogens (tertiary/aromatic N) is 4. The number of hydrogen-bond acceptors (Lipinski definition) is 4. The molecule has 1 saturated carbocycles. The van der Waals surface area contributed by atoms with Crippen molar-refractivity contribution >= 4 is 5.91 Å². The van der Waals surface area contributed by atoms with Crippen LogP contribution in [0.15, 0.2) is 10.7 Å². The van der Waals surface area contributed by atoms with Gasteiger partial charge in [-0.05, 0) is 51.9 Å². The third kappa shape index (κ3) is 3.61. The zero-order valence-electron chi connectivity index (χ0n) is 17.4. The van der Waals surface area contributed by atoms with Crippen LogP contribution in [0.4, 0.5) is 0 Å². The Kier molecular flexibility index (Phi) is 5.56. The topological polar surface area (TPSA) is 64.2 Å². The minimum Gasteiger partial charge on any atom is -0.356 e. The second-order valence-corrected chi connectivity index (χ2v) is 8.60. The summed E-state index contributed by atoms with van der Waals surface area (Å²) in [5.74, 6) is 1.66. The SMILES string of the molecule is Cc1noc(-c2cnn(C)c2[C@@H]2CCCCN2C(=O)CC2CCCCC2)c1C. The molecule has 0 aromatic carbocycles. The van der Waals surface area contributed by atoms with Gasteiger partial charge in [0.25, 0.3) is 0 Å². The summed E-state index contributed by atoms with van der Waals surface area (Å²) in [6.45, 7) is 4.83. The molecule has 1 amide bonds. The second-order valence-electron chi connectivity index (χ2n) is 8.60. The van der Waals surface area contributed by atoms with E-state index in [1.807, 2.05) is 31.8 Å². The van der Waals surface area contributed by atoms with E-state index < -0.39 is 0 Å². The first-order valence-electron chi connectivity index (χ1n) is 10.8. The Hall–Kier alpha value is -2.11. The average Bonchev–Trinajstić information content (AvgIpc) is 3.24. The first-order valence-corrected chi connectivity index (χ1v) is 10.8. The molecule has 4 rings (SSSR count). The van der Waals surface area contributed by atoms with E-state index in [9.17, 15) is 4.79 Å². The molecule has 1 aliphatic carbocycles. The zero-order chi connectivity index (χ0) is 19.7. The Morgan fingerprint density at radius 2 is 1.89 bits per heavy atom. The molecule has 152 valence electrons. The van der Waals surface area contributed by atoms with Crippen molar-refractivity contribution in [2.24, 2.45) is 13.0 Å². The van der Waals surface area contributed by atoms with Gasteiger partial charge in [0.15, 0.2) is 5.76 Å². The summed E-state index contributed by atoms with van der Waals surface area (Å²) in [6.07, 6.45) is 12.0. The lowest BCUT2D eigenvalue weighted by atomic mass is 9.86. The fourth-order valence-electron chi connectivity index (χ4n) is 4.95. The molecule has 6 nitrogen and oxygen atoms in total. The molecule has 6 heteroatoms. The Labute approximate surface area is 167 Å². The van der Waals surface area contributed by atoms with Gasteiger partial charge in [0.2, 0.25) is 5.91 Å². The molecule has 1 saturated heterocycles. The molecule has 2 aromatic heterocycles. The van der Waals surface area contributed by atoms with Crippen molar-refractivity contribution in [3.05, 3.63) is 23.1 Å². The lowest BCUT2D eigenvalue weighted by Crippen LogP contribution is -2.40. The van der Waals surface area contributed by atoms with E-state index in [4.69, 9.17) is 4.52 Å². The van der Waals surface area contributed by atoms with E-state index >= 15 is 0 Å². The van der Waals surface area contributed by atoms with Crippen molar-refractivity contribution in [1.82, 2.24) is 19.8 Å². The summed E-state index contributed by atoms with van der Waals surface area (Å²) in [5.41, 5.74) is 4.00. The van der Waals surface area contributed by atoms with Crippen LogP contribution in [0.2, 0.25) is 0 Å². The smallest absolute Gasteiger partial charge is 0.223 e. The van der Waals surface area contributed by atoms with Crippen LogP contribution in [-0.2, 0) is 11.8 Å². The molecule has 1 aliphatic heterocycles. The van der Waals surface area contributed by atoms with Crippen LogP contribution in [-0.4, -0.2) is 32.3 Å². The molecular formula is C22H32N4O2. The van der Waals surface area contributed by atoms with Gasteiger partial charge in [0, 0.05) is 25.6 Å². The third-order valence-corrected chi connectivity index (χ3v) is 6.71. The zero-order valence-corrected chi connectivity index (χ0v) is 17.4. The number of amides is 1. The Bertz CT molecular complexity index is 832. The van der Waals surface area contributed by atoms with Crippen molar-refractivity contribution in [3.8, 4) is 11.3 Å². The lowest BCUT2D eigenvalue weighted by Gasteiger charge is -2.37. The van der Waals surface area contributed by atoms with Gasteiger partial charge >= 0.3 is 0 Å². The van der Waals surface area contributed by atoms with Crippen LogP contribution in [0.3, 0.4) is 0 Å². The first kappa shape index (κ1) is 19.2. The molecule has 0 unspecified atom stereocenters. The van der Waals surface area contributed by atoms with Crippen LogP contribution < -0.4 is 0 Å². The van der Waals surface area contributed by atoms with Gasteiger partial charge in [-0.15, -0.1) is 0 Å². The van der Waals surface area contributed by atoms with Gasteiger partial charge < -0.3 is 9.42 Å². The summed E-state index contributed by atoms with van der Waals surface area (Å²) in [5, 5.41) is 8.65. The highest BCUT2D eigenvalue weighted by Gasteiger charge is 2.34. The number of hydrogen-bond donors (Lipinski definition) is 0. The van der Waals surface area contributed by atoms with Crippen LogP contribution in [0.1, 0.15) is 80.8 Å².